The maximum atomic E-state index is 12.9. The van der Waals surface area contributed by atoms with Gasteiger partial charge in [0.1, 0.15) is 23.3 Å². The Kier molecular flexibility index (Phi) is 7.98. The highest BCUT2D eigenvalue weighted by Crippen LogP contribution is 2.28. The van der Waals surface area contributed by atoms with Crippen molar-refractivity contribution in [2.24, 2.45) is 0 Å². The maximum Gasteiger partial charge on any atom is 0.257 e. The summed E-state index contributed by atoms with van der Waals surface area (Å²) in [5, 5.41) is 3.18. The quantitative estimate of drug-likeness (QED) is 0.327. The molecule has 0 aliphatic heterocycles. The fourth-order valence-corrected chi connectivity index (χ4v) is 3.77. The molecule has 0 atom stereocenters. The molecule has 0 aliphatic rings. The van der Waals surface area contributed by atoms with Gasteiger partial charge < -0.3 is 28.7 Å². The maximum absolute atomic E-state index is 12.9. The Bertz CT molecular complexity index is 1480. The fourth-order valence-electron chi connectivity index (χ4n) is 3.77. The van der Waals surface area contributed by atoms with Gasteiger partial charge in [-0.05, 0) is 67.3 Å². The van der Waals surface area contributed by atoms with E-state index in [9.17, 15) is 9.59 Å². The smallest absolute Gasteiger partial charge is 0.257 e. The van der Waals surface area contributed by atoms with Crippen molar-refractivity contribution in [3.8, 4) is 28.7 Å². The lowest BCUT2D eigenvalue weighted by Crippen LogP contribution is -2.30. The van der Waals surface area contributed by atoms with Crippen LogP contribution in [0.3, 0.4) is 0 Å². The molecule has 1 amide bonds. The Morgan fingerprint density at radius 2 is 1.70 bits per heavy atom. The van der Waals surface area contributed by atoms with Crippen LogP contribution in [0.15, 0.2) is 70.1 Å². The summed E-state index contributed by atoms with van der Waals surface area (Å²) in [7, 11) is 3.16. The second-order valence-corrected chi connectivity index (χ2v) is 8.54. The highest BCUT2D eigenvalue weighted by atomic mass is 16.5. The van der Waals surface area contributed by atoms with Gasteiger partial charge >= 0.3 is 0 Å². The number of carbonyl (C=O) groups excluding carboxylic acids is 1. The molecule has 0 bridgehead atoms. The number of methoxy groups -OCH3 is 2. The van der Waals surface area contributed by atoms with Crippen LogP contribution in [-0.4, -0.2) is 33.3 Å². The van der Waals surface area contributed by atoms with Gasteiger partial charge in [-0.25, -0.2) is 0 Å². The van der Waals surface area contributed by atoms with E-state index in [1.807, 2.05) is 50.2 Å². The van der Waals surface area contributed by atoms with Crippen LogP contribution in [0, 0.1) is 13.8 Å². The molecule has 0 unspecified atom stereocenters. The van der Waals surface area contributed by atoms with E-state index in [0.717, 1.165) is 16.7 Å². The van der Waals surface area contributed by atoms with Gasteiger partial charge in [-0.15, -0.1) is 0 Å². The van der Waals surface area contributed by atoms with Crippen LogP contribution in [0.4, 0.5) is 0 Å². The first-order valence-electron chi connectivity index (χ1n) is 11.8. The largest absolute Gasteiger partial charge is 0.493 e. The summed E-state index contributed by atoms with van der Waals surface area (Å²) in [4.78, 5) is 25.2. The highest BCUT2D eigenvalue weighted by molar-refractivity contribution is 5.80. The Balaban J connectivity index is 1.33. The molecule has 37 heavy (non-hydrogen) atoms. The number of amides is 1. The molecular weight excluding hydrogens is 474 g/mol. The van der Waals surface area contributed by atoms with Gasteiger partial charge in [-0.2, -0.15) is 0 Å². The third-order valence-corrected chi connectivity index (χ3v) is 5.83. The Morgan fingerprint density at radius 1 is 0.892 bits per heavy atom. The minimum absolute atomic E-state index is 0.101. The first-order chi connectivity index (χ1) is 17.9. The average Bonchev–Trinajstić information content (AvgIpc) is 2.91. The normalized spacial score (nSPS) is 10.7. The molecule has 0 fully saturated rings. The summed E-state index contributed by atoms with van der Waals surface area (Å²) in [5.74, 6) is 2.14. The predicted octanol–water partition coefficient (Wildman–Crippen LogP) is 4.96. The van der Waals surface area contributed by atoms with Gasteiger partial charge in [0.15, 0.2) is 18.1 Å². The van der Waals surface area contributed by atoms with Crippen molar-refractivity contribution >= 4 is 16.9 Å². The number of ether oxygens (including phenoxy) is 4. The number of fused-ring (bicyclic) bond motifs is 1. The number of rotatable bonds is 10. The lowest BCUT2D eigenvalue weighted by atomic mass is 10.1. The van der Waals surface area contributed by atoms with E-state index >= 15 is 0 Å². The lowest BCUT2D eigenvalue weighted by Gasteiger charge is -2.11. The molecule has 3 aromatic carbocycles. The van der Waals surface area contributed by atoms with E-state index in [1.165, 1.54) is 6.26 Å². The Hall–Kier alpha value is -4.46. The summed E-state index contributed by atoms with van der Waals surface area (Å²) in [6.07, 6.45) is 1.91. The van der Waals surface area contributed by atoms with Crippen LogP contribution in [0.2, 0.25) is 0 Å². The van der Waals surface area contributed by atoms with Crippen molar-refractivity contribution in [2.75, 3.05) is 27.4 Å². The number of hydrogen-bond donors (Lipinski definition) is 1. The molecule has 0 saturated carbocycles. The molecule has 4 rings (SSSR count). The molecule has 1 N–H and O–H groups in total. The van der Waals surface area contributed by atoms with Gasteiger partial charge in [-0.3, -0.25) is 9.59 Å². The second kappa shape index (κ2) is 11.5. The molecule has 0 saturated heterocycles. The third kappa shape index (κ3) is 6.22. The average molecular weight is 504 g/mol. The van der Waals surface area contributed by atoms with Crippen molar-refractivity contribution < 1.29 is 28.2 Å². The molecular formula is C29H29NO7. The Morgan fingerprint density at radius 3 is 2.49 bits per heavy atom. The van der Waals surface area contributed by atoms with Crippen LogP contribution in [0.1, 0.15) is 16.7 Å². The number of aryl methyl sites for hydroxylation is 2. The van der Waals surface area contributed by atoms with E-state index in [-0.39, 0.29) is 23.7 Å². The van der Waals surface area contributed by atoms with E-state index in [4.69, 9.17) is 23.4 Å². The SMILES string of the molecule is COc1ccc(CCNC(=O)COc2ccc3c(=O)c(Oc4cc(C)ccc4C)coc3c2)cc1OC. The standard InChI is InChI=1S/C29H29NO7/c1-18-5-6-19(2)24(13-18)37-27-16-36-25-15-21(8-9-22(25)29(27)32)35-17-28(31)30-12-11-20-7-10-23(33-3)26(14-20)34-4/h5-10,13-16H,11-12,17H2,1-4H3,(H,30,31). The molecule has 8 nitrogen and oxygen atoms in total. The van der Waals surface area contributed by atoms with E-state index in [1.54, 1.807) is 32.4 Å². The molecule has 1 aromatic heterocycles. The minimum Gasteiger partial charge on any atom is -0.493 e. The number of nitrogens with one attached hydrogen (secondary N) is 1. The Labute approximate surface area is 214 Å². The zero-order valence-electron chi connectivity index (χ0n) is 21.3. The number of carbonyl (C=O) groups is 1. The van der Waals surface area contributed by atoms with E-state index in [0.29, 0.717) is 46.9 Å². The third-order valence-electron chi connectivity index (χ3n) is 5.83. The van der Waals surface area contributed by atoms with E-state index in [2.05, 4.69) is 5.32 Å². The van der Waals surface area contributed by atoms with E-state index < -0.39 is 0 Å². The van der Waals surface area contributed by atoms with Crippen molar-refractivity contribution in [3.63, 3.8) is 0 Å². The fraction of sp³-hybridized carbons (Fsp3) is 0.241. The van der Waals surface area contributed by atoms with Gasteiger partial charge in [-0.1, -0.05) is 18.2 Å². The minimum atomic E-state index is -0.290. The molecule has 192 valence electrons. The predicted molar refractivity (Wildman–Crippen MR) is 140 cm³/mol. The zero-order valence-corrected chi connectivity index (χ0v) is 21.3. The molecule has 8 heteroatoms. The molecule has 0 radical (unpaired) electrons. The van der Waals surface area contributed by atoms with Crippen molar-refractivity contribution in [1.82, 2.24) is 5.32 Å². The number of benzene rings is 3. The summed E-state index contributed by atoms with van der Waals surface area (Å²) in [6, 6.07) is 16.2. The summed E-state index contributed by atoms with van der Waals surface area (Å²) in [5.41, 5.74) is 2.99. The molecule has 0 aliphatic carbocycles. The number of hydrogen-bond acceptors (Lipinski definition) is 7. The van der Waals surface area contributed by atoms with Crippen molar-refractivity contribution in [2.45, 2.75) is 20.3 Å². The summed E-state index contributed by atoms with van der Waals surface area (Å²) >= 11 is 0. The van der Waals surface area contributed by atoms with Gasteiger partial charge in [0, 0.05) is 12.6 Å². The first-order valence-corrected chi connectivity index (χ1v) is 11.8. The first kappa shape index (κ1) is 25.6. The molecule has 4 aromatic rings. The van der Waals surface area contributed by atoms with Crippen LogP contribution in [0.5, 0.6) is 28.7 Å². The summed E-state index contributed by atoms with van der Waals surface area (Å²) in [6.45, 7) is 4.13. The molecule has 1 heterocycles. The monoisotopic (exact) mass is 503 g/mol. The highest BCUT2D eigenvalue weighted by Gasteiger charge is 2.12. The van der Waals surface area contributed by atoms with Crippen LogP contribution >= 0.6 is 0 Å². The lowest BCUT2D eigenvalue weighted by molar-refractivity contribution is -0.123. The summed E-state index contributed by atoms with van der Waals surface area (Å²) < 4.78 is 27.6. The van der Waals surface area contributed by atoms with Crippen LogP contribution in [-0.2, 0) is 11.2 Å². The van der Waals surface area contributed by atoms with Gasteiger partial charge in [0.2, 0.25) is 11.2 Å². The van der Waals surface area contributed by atoms with Crippen molar-refractivity contribution in [1.29, 1.82) is 0 Å². The van der Waals surface area contributed by atoms with Crippen LogP contribution < -0.4 is 29.7 Å². The van der Waals surface area contributed by atoms with Gasteiger partial charge in [0.25, 0.3) is 5.91 Å². The molecule has 0 spiro atoms. The van der Waals surface area contributed by atoms with Crippen LogP contribution in [0.25, 0.3) is 11.0 Å². The van der Waals surface area contributed by atoms with Gasteiger partial charge in [0.05, 0.1) is 19.6 Å². The zero-order chi connectivity index (χ0) is 26.4. The second-order valence-electron chi connectivity index (χ2n) is 8.54. The van der Waals surface area contributed by atoms with Crippen molar-refractivity contribution in [3.05, 3.63) is 87.8 Å². The topological polar surface area (TPSA) is 96.2 Å².